The predicted molar refractivity (Wildman–Crippen MR) is 84.4 cm³/mol. The highest BCUT2D eigenvalue weighted by molar-refractivity contribution is 6.31. The molecule has 0 saturated carbocycles. The van der Waals surface area contributed by atoms with Crippen molar-refractivity contribution in [3.63, 3.8) is 0 Å². The summed E-state index contributed by atoms with van der Waals surface area (Å²) in [6, 6.07) is 10.9. The maximum atomic E-state index is 13.0. The van der Waals surface area contributed by atoms with Crippen LogP contribution in [0.2, 0.25) is 5.02 Å². The molecule has 0 unspecified atom stereocenters. The number of carbonyl (C=O) groups excluding carboxylic acids is 1. The highest BCUT2D eigenvalue weighted by Gasteiger charge is 2.08. The number of nitrogens with zero attached hydrogens (tertiary/aromatic N) is 1. The van der Waals surface area contributed by atoms with Gasteiger partial charge in [-0.1, -0.05) is 11.6 Å². The first-order valence-electron chi connectivity index (χ1n) is 6.49. The summed E-state index contributed by atoms with van der Waals surface area (Å²) in [5.41, 5.74) is 2.06. The van der Waals surface area contributed by atoms with Gasteiger partial charge < -0.3 is 10.6 Å². The van der Waals surface area contributed by atoms with E-state index in [0.29, 0.717) is 27.5 Å². The molecule has 0 aromatic heterocycles. The van der Waals surface area contributed by atoms with Crippen molar-refractivity contribution in [1.82, 2.24) is 0 Å². The van der Waals surface area contributed by atoms with Crippen molar-refractivity contribution in [2.24, 2.45) is 0 Å². The minimum atomic E-state index is -0.331. The van der Waals surface area contributed by atoms with E-state index in [1.54, 1.807) is 19.1 Å². The molecule has 1 amide bonds. The Morgan fingerprint density at radius 3 is 2.73 bits per heavy atom. The molecule has 0 atom stereocenters. The number of nitriles is 1. The molecule has 112 valence electrons. The second kappa shape index (κ2) is 6.92. The van der Waals surface area contributed by atoms with Gasteiger partial charge in [-0.15, -0.1) is 0 Å². The monoisotopic (exact) mass is 317 g/mol. The lowest BCUT2D eigenvalue weighted by atomic mass is 10.2. The number of hydrogen-bond acceptors (Lipinski definition) is 3. The molecule has 0 saturated heterocycles. The highest BCUT2D eigenvalue weighted by Crippen LogP contribution is 2.20. The Balaban J connectivity index is 2.02. The molecule has 22 heavy (non-hydrogen) atoms. The molecule has 0 radical (unpaired) electrons. The molecule has 0 aliphatic carbocycles. The van der Waals surface area contributed by atoms with E-state index in [-0.39, 0.29) is 18.3 Å². The summed E-state index contributed by atoms with van der Waals surface area (Å²) in [6.07, 6.45) is 0. The number of anilines is 2. The van der Waals surface area contributed by atoms with Gasteiger partial charge in [-0.3, -0.25) is 4.79 Å². The zero-order valence-corrected chi connectivity index (χ0v) is 12.5. The van der Waals surface area contributed by atoms with Crippen LogP contribution >= 0.6 is 11.6 Å². The van der Waals surface area contributed by atoms with Gasteiger partial charge in [-0.25, -0.2) is 4.39 Å². The van der Waals surface area contributed by atoms with Crippen molar-refractivity contribution in [3.05, 3.63) is 58.4 Å². The molecule has 2 aromatic carbocycles. The van der Waals surface area contributed by atoms with E-state index in [4.69, 9.17) is 16.9 Å². The summed E-state index contributed by atoms with van der Waals surface area (Å²) in [5, 5.41) is 15.0. The van der Waals surface area contributed by atoms with Gasteiger partial charge in [-0.05, 0) is 48.9 Å². The standard InChI is InChI=1S/C16H13ClFN3O/c1-10-6-13(18)4-5-14(10)20-9-16(22)21-15-7-12(17)3-2-11(15)8-19/h2-7,20H,9H2,1H3,(H,21,22). The van der Waals surface area contributed by atoms with Gasteiger partial charge in [0.25, 0.3) is 0 Å². The third-order valence-corrected chi connectivity index (χ3v) is 3.24. The van der Waals surface area contributed by atoms with E-state index in [9.17, 15) is 9.18 Å². The summed E-state index contributed by atoms with van der Waals surface area (Å²) in [7, 11) is 0. The maximum Gasteiger partial charge on any atom is 0.243 e. The predicted octanol–water partition coefficient (Wildman–Crippen LogP) is 3.71. The fraction of sp³-hybridized carbons (Fsp3) is 0.125. The van der Waals surface area contributed by atoms with Crippen LogP contribution in [0.25, 0.3) is 0 Å². The van der Waals surface area contributed by atoms with Crippen molar-refractivity contribution in [2.75, 3.05) is 17.2 Å². The Hall–Kier alpha value is -2.58. The fourth-order valence-corrected chi connectivity index (χ4v) is 2.08. The number of amides is 1. The number of nitrogens with one attached hydrogen (secondary N) is 2. The van der Waals surface area contributed by atoms with Crippen LogP contribution in [0, 0.1) is 24.1 Å². The normalized spacial score (nSPS) is 9.91. The van der Waals surface area contributed by atoms with E-state index in [1.165, 1.54) is 24.3 Å². The number of rotatable bonds is 4. The molecule has 2 N–H and O–H groups in total. The molecular weight excluding hydrogens is 305 g/mol. The van der Waals surface area contributed by atoms with Crippen LogP contribution in [0.1, 0.15) is 11.1 Å². The first-order chi connectivity index (χ1) is 10.5. The maximum absolute atomic E-state index is 13.0. The van der Waals surface area contributed by atoms with Crippen molar-refractivity contribution < 1.29 is 9.18 Å². The Bertz CT molecular complexity index is 756. The smallest absolute Gasteiger partial charge is 0.243 e. The lowest BCUT2D eigenvalue weighted by Crippen LogP contribution is -2.22. The second-order valence-electron chi connectivity index (χ2n) is 4.66. The van der Waals surface area contributed by atoms with Gasteiger partial charge in [0.1, 0.15) is 11.9 Å². The zero-order valence-electron chi connectivity index (χ0n) is 11.8. The van der Waals surface area contributed by atoms with E-state index >= 15 is 0 Å². The molecule has 0 bridgehead atoms. The summed E-state index contributed by atoms with van der Waals surface area (Å²) < 4.78 is 13.0. The van der Waals surface area contributed by atoms with Crippen LogP contribution in [-0.4, -0.2) is 12.5 Å². The van der Waals surface area contributed by atoms with Gasteiger partial charge in [-0.2, -0.15) is 5.26 Å². The van der Waals surface area contributed by atoms with Gasteiger partial charge in [0, 0.05) is 10.7 Å². The highest BCUT2D eigenvalue weighted by atomic mass is 35.5. The average molecular weight is 318 g/mol. The SMILES string of the molecule is Cc1cc(F)ccc1NCC(=O)Nc1cc(Cl)ccc1C#N. The molecule has 6 heteroatoms. The molecule has 0 aliphatic rings. The largest absolute Gasteiger partial charge is 0.376 e. The Morgan fingerprint density at radius 1 is 1.27 bits per heavy atom. The van der Waals surface area contributed by atoms with Crippen LogP contribution in [-0.2, 0) is 4.79 Å². The van der Waals surface area contributed by atoms with Gasteiger partial charge in [0.15, 0.2) is 0 Å². The van der Waals surface area contributed by atoms with Crippen LogP contribution in [0.3, 0.4) is 0 Å². The minimum absolute atomic E-state index is 0.0101. The van der Waals surface area contributed by atoms with E-state index < -0.39 is 0 Å². The van der Waals surface area contributed by atoms with Crippen molar-refractivity contribution in [1.29, 1.82) is 5.26 Å². The van der Waals surface area contributed by atoms with Gasteiger partial charge in [0.2, 0.25) is 5.91 Å². The molecule has 2 aromatic rings. The molecule has 0 aliphatic heterocycles. The lowest BCUT2D eigenvalue weighted by molar-refractivity contribution is -0.114. The number of hydrogen-bond donors (Lipinski definition) is 2. The first kappa shape index (κ1) is 15.8. The Morgan fingerprint density at radius 2 is 2.05 bits per heavy atom. The minimum Gasteiger partial charge on any atom is -0.376 e. The van der Waals surface area contributed by atoms with Crippen LogP contribution in [0.15, 0.2) is 36.4 Å². The third-order valence-electron chi connectivity index (χ3n) is 3.00. The molecule has 4 nitrogen and oxygen atoms in total. The molecule has 0 fully saturated rings. The third kappa shape index (κ3) is 3.96. The second-order valence-corrected chi connectivity index (χ2v) is 5.10. The average Bonchev–Trinajstić information content (AvgIpc) is 2.46. The van der Waals surface area contributed by atoms with Crippen LogP contribution in [0.5, 0.6) is 0 Å². The Labute approximate surface area is 132 Å². The lowest BCUT2D eigenvalue weighted by Gasteiger charge is -2.11. The van der Waals surface area contributed by atoms with E-state index in [2.05, 4.69) is 10.6 Å². The number of benzene rings is 2. The number of aryl methyl sites for hydroxylation is 1. The van der Waals surface area contributed by atoms with Gasteiger partial charge in [0.05, 0.1) is 17.8 Å². The van der Waals surface area contributed by atoms with E-state index in [0.717, 1.165) is 0 Å². The molecule has 0 heterocycles. The number of halogens is 2. The van der Waals surface area contributed by atoms with Crippen molar-refractivity contribution in [2.45, 2.75) is 6.92 Å². The molecular formula is C16H13ClFN3O. The van der Waals surface area contributed by atoms with E-state index in [1.807, 2.05) is 6.07 Å². The fourth-order valence-electron chi connectivity index (χ4n) is 1.91. The van der Waals surface area contributed by atoms with Crippen molar-refractivity contribution >= 4 is 28.9 Å². The zero-order chi connectivity index (χ0) is 16.1. The number of carbonyl (C=O) groups is 1. The topological polar surface area (TPSA) is 64.9 Å². The quantitative estimate of drug-likeness (QED) is 0.903. The van der Waals surface area contributed by atoms with Gasteiger partial charge >= 0.3 is 0 Å². The molecule has 0 spiro atoms. The Kier molecular flexibility index (Phi) is 4.97. The summed E-state index contributed by atoms with van der Waals surface area (Å²) in [4.78, 5) is 11.9. The van der Waals surface area contributed by atoms with Crippen LogP contribution in [0.4, 0.5) is 15.8 Å². The summed E-state index contributed by atoms with van der Waals surface area (Å²) in [5.74, 6) is -0.660. The molecule has 2 rings (SSSR count). The van der Waals surface area contributed by atoms with Crippen molar-refractivity contribution in [3.8, 4) is 6.07 Å². The van der Waals surface area contributed by atoms with Crippen LogP contribution < -0.4 is 10.6 Å². The summed E-state index contributed by atoms with van der Waals surface area (Å²) in [6.45, 7) is 1.73. The first-order valence-corrected chi connectivity index (χ1v) is 6.87. The summed E-state index contributed by atoms with van der Waals surface area (Å²) >= 11 is 5.85.